The van der Waals surface area contributed by atoms with E-state index in [-0.39, 0.29) is 16.6 Å². The van der Waals surface area contributed by atoms with Gasteiger partial charge in [0.2, 0.25) is 10.0 Å². The molecule has 1 unspecified atom stereocenters. The molecule has 146 valence electrons. The molecule has 1 saturated heterocycles. The third-order valence-electron chi connectivity index (χ3n) is 4.98. The van der Waals surface area contributed by atoms with Gasteiger partial charge in [-0.1, -0.05) is 18.6 Å². The van der Waals surface area contributed by atoms with Crippen molar-refractivity contribution in [3.05, 3.63) is 53.8 Å². The number of methoxy groups -OCH3 is 2. The lowest BCUT2D eigenvalue weighted by molar-refractivity contribution is 0.384. The Morgan fingerprint density at radius 1 is 1.04 bits per heavy atom. The van der Waals surface area contributed by atoms with Crippen LogP contribution in [0.4, 0.5) is 4.39 Å². The van der Waals surface area contributed by atoms with Gasteiger partial charge in [0, 0.05) is 13.1 Å². The van der Waals surface area contributed by atoms with Gasteiger partial charge in [-0.3, -0.25) is 0 Å². The number of ether oxygens (including phenoxy) is 2. The van der Waals surface area contributed by atoms with Gasteiger partial charge in [0.1, 0.15) is 5.75 Å². The van der Waals surface area contributed by atoms with E-state index >= 15 is 0 Å². The van der Waals surface area contributed by atoms with Gasteiger partial charge < -0.3 is 9.47 Å². The molecule has 0 saturated carbocycles. The second-order valence-electron chi connectivity index (χ2n) is 6.63. The highest BCUT2D eigenvalue weighted by Crippen LogP contribution is 2.31. The number of sulfonamides is 1. The maximum absolute atomic E-state index is 14.0. The number of halogens is 1. The van der Waals surface area contributed by atoms with Crippen molar-refractivity contribution < 1.29 is 22.3 Å². The molecule has 2 aromatic rings. The molecule has 0 spiro atoms. The Morgan fingerprint density at radius 3 is 2.41 bits per heavy atom. The summed E-state index contributed by atoms with van der Waals surface area (Å²) >= 11 is 0. The van der Waals surface area contributed by atoms with Crippen LogP contribution >= 0.6 is 0 Å². The van der Waals surface area contributed by atoms with Crippen molar-refractivity contribution in [2.24, 2.45) is 0 Å². The summed E-state index contributed by atoms with van der Waals surface area (Å²) in [5.41, 5.74) is 1.08. The van der Waals surface area contributed by atoms with Crippen LogP contribution in [-0.4, -0.2) is 40.0 Å². The van der Waals surface area contributed by atoms with Gasteiger partial charge >= 0.3 is 0 Å². The van der Waals surface area contributed by atoms with Gasteiger partial charge in [-0.2, -0.15) is 4.31 Å². The molecule has 1 aliphatic rings. The SMILES string of the molecule is COc1ccc(C2CCCCN(S(=O)(=O)c3ccc(OC)c(F)c3)C2)cc1. The van der Waals surface area contributed by atoms with E-state index in [2.05, 4.69) is 0 Å². The maximum Gasteiger partial charge on any atom is 0.243 e. The van der Waals surface area contributed by atoms with Crippen LogP contribution in [0.1, 0.15) is 30.7 Å². The molecule has 1 aliphatic heterocycles. The van der Waals surface area contributed by atoms with Crippen molar-refractivity contribution in [2.45, 2.75) is 30.1 Å². The first kappa shape index (κ1) is 19.6. The summed E-state index contributed by atoms with van der Waals surface area (Å²) in [4.78, 5) is -0.0452. The molecular weight excluding hydrogens is 369 g/mol. The summed E-state index contributed by atoms with van der Waals surface area (Å²) < 4.78 is 51.7. The van der Waals surface area contributed by atoms with Crippen LogP contribution in [0.2, 0.25) is 0 Å². The molecule has 3 rings (SSSR count). The average molecular weight is 393 g/mol. The van der Waals surface area contributed by atoms with Gasteiger partial charge in [0.25, 0.3) is 0 Å². The van der Waals surface area contributed by atoms with Crippen molar-refractivity contribution >= 4 is 10.0 Å². The normalized spacial score (nSPS) is 18.7. The summed E-state index contributed by atoms with van der Waals surface area (Å²) in [7, 11) is -0.811. The molecule has 0 bridgehead atoms. The highest BCUT2D eigenvalue weighted by atomic mass is 32.2. The predicted octanol–water partition coefficient (Wildman–Crippen LogP) is 3.80. The van der Waals surface area contributed by atoms with Crippen molar-refractivity contribution in [2.75, 3.05) is 27.3 Å². The number of rotatable bonds is 5. The zero-order valence-corrected chi connectivity index (χ0v) is 16.3. The summed E-state index contributed by atoms with van der Waals surface area (Å²) in [5.74, 6) is 0.211. The molecule has 1 fully saturated rings. The molecule has 27 heavy (non-hydrogen) atoms. The number of nitrogens with zero attached hydrogens (tertiary/aromatic N) is 1. The lowest BCUT2D eigenvalue weighted by Gasteiger charge is -2.24. The molecule has 0 amide bonds. The van der Waals surface area contributed by atoms with E-state index in [1.54, 1.807) is 7.11 Å². The van der Waals surface area contributed by atoms with E-state index in [0.717, 1.165) is 36.6 Å². The number of hydrogen-bond acceptors (Lipinski definition) is 4. The first-order chi connectivity index (χ1) is 13.0. The van der Waals surface area contributed by atoms with Crippen LogP contribution in [0.25, 0.3) is 0 Å². The molecule has 1 atom stereocenters. The van der Waals surface area contributed by atoms with E-state index in [1.165, 1.54) is 23.5 Å². The molecule has 0 radical (unpaired) electrons. The monoisotopic (exact) mass is 393 g/mol. The fraction of sp³-hybridized carbons (Fsp3) is 0.400. The topological polar surface area (TPSA) is 55.8 Å². The molecule has 0 N–H and O–H groups in total. The minimum absolute atomic E-state index is 0.0286. The van der Waals surface area contributed by atoms with E-state index in [0.29, 0.717) is 13.1 Å². The Labute approximate surface area is 159 Å². The Hall–Kier alpha value is -2.12. The van der Waals surface area contributed by atoms with E-state index in [1.807, 2.05) is 24.3 Å². The third kappa shape index (κ3) is 4.25. The van der Waals surface area contributed by atoms with Crippen molar-refractivity contribution in [1.29, 1.82) is 0 Å². The minimum atomic E-state index is -3.77. The van der Waals surface area contributed by atoms with Crippen molar-refractivity contribution in [3.8, 4) is 11.5 Å². The second-order valence-corrected chi connectivity index (χ2v) is 8.56. The lowest BCUT2D eigenvalue weighted by atomic mass is 9.94. The van der Waals surface area contributed by atoms with Gasteiger partial charge in [0.15, 0.2) is 11.6 Å². The average Bonchev–Trinajstić information content (AvgIpc) is 2.95. The summed E-state index contributed by atoms with van der Waals surface area (Å²) in [6.45, 7) is 0.810. The van der Waals surface area contributed by atoms with Gasteiger partial charge in [0.05, 0.1) is 19.1 Å². The fourth-order valence-corrected chi connectivity index (χ4v) is 4.97. The van der Waals surface area contributed by atoms with Crippen molar-refractivity contribution in [3.63, 3.8) is 0 Å². The number of hydrogen-bond donors (Lipinski definition) is 0. The lowest BCUT2D eigenvalue weighted by Crippen LogP contribution is -2.34. The van der Waals surface area contributed by atoms with Crippen LogP contribution < -0.4 is 9.47 Å². The fourth-order valence-electron chi connectivity index (χ4n) is 3.43. The second kappa shape index (κ2) is 8.27. The first-order valence-corrected chi connectivity index (χ1v) is 10.4. The van der Waals surface area contributed by atoms with Crippen molar-refractivity contribution in [1.82, 2.24) is 4.31 Å². The van der Waals surface area contributed by atoms with Crippen LogP contribution in [0.5, 0.6) is 11.5 Å². The quantitative estimate of drug-likeness (QED) is 0.775. The zero-order chi connectivity index (χ0) is 19.4. The van der Waals surface area contributed by atoms with E-state index < -0.39 is 15.8 Å². The highest BCUT2D eigenvalue weighted by Gasteiger charge is 2.30. The van der Waals surface area contributed by atoms with E-state index in [9.17, 15) is 12.8 Å². The van der Waals surface area contributed by atoms with Gasteiger partial charge in [-0.05, 0) is 54.7 Å². The minimum Gasteiger partial charge on any atom is -0.497 e. The first-order valence-electron chi connectivity index (χ1n) is 8.93. The molecule has 7 heteroatoms. The molecule has 0 aliphatic carbocycles. The maximum atomic E-state index is 14.0. The molecule has 5 nitrogen and oxygen atoms in total. The molecular formula is C20H24FNO4S. The van der Waals surface area contributed by atoms with Crippen LogP contribution in [-0.2, 0) is 10.0 Å². The number of benzene rings is 2. The zero-order valence-electron chi connectivity index (χ0n) is 15.5. The van der Waals surface area contributed by atoms with Gasteiger partial charge in [-0.25, -0.2) is 12.8 Å². The summed E-state index contributed by atoms with van der Waals surface area (Å²) in [5, 5.41) is 0. The largest absolute Gasteiger partial charge is 0.497 e. The summed E-state index contributed by atoms with van der Waals surface area (Å²) in [6, 6.07) is 11.5. The smallest absolute Gasteiger partial charge is 0.243 e. The van der Waals surface area contributed by atoms with Crippen LogP contribution in [0.15, 0.2) is 47.4 Å². The Kier molecular flexibility index (Phi) is 6.01. The molecule has 1 heterocycles. The standard InChI is InChI=1S/C20H24FNO4S/c1-25-17-8-6-15(7-9-17)16-5-3-4-12-22(14-16)27(23,24)18-10-11-20(26-2)19(21)13-18/h6-11,13,16H,3-5,12,14H2,1-2H3. The third-order valence-corrected chi connectivity index (χ3v) is 6.84. The van der Waals surface area contributed by atoms with Gasteiger partial charge in [-0.15, -0.1) is 0 Å². The predicted molar refractivity (Wildman–Crippen MR) is 101 cm³/mol. The van der Waals surface area contributed by atoms with E-state index in [4.69, 9.17) is 9.47 Å². The molecule has 0 aromatic heterocycles. The highest BCUT2D eigenvalue weighted by molar-refractivity contribution is 7.89. The Morgan fingerprint density at radius 2 is 1.78 bits per heavy atom. The molecule has 2 aromatic carbocycles. The van der Waals surface area contributed by atoms with Crippen LogP contribution in [0, 0.1) is 5.82 Å². The Bertz CT molecular complexity index is 883. The van der Waals surface area contributed by atoms with Crippen LogP contribution in [0.3, 0.4) is 0 Å². The Balaban J connectivity index is 1.86. The summed E-state index contributed by atoms with van der Waals surface area (Å²) in [6.07, 6.45) is 2.64.